The summed E-state index contributed by atoms with van der Waals surface area (Å²) in [5, 5.41) is 11.0. The van der Waals surface area contributed by atoms with E-state index in [0.717, 1.165) is 46.0 Å². The van der Waals surface area contributed by atoms with Gasteiger partial charge in [-0.15, -0.1) is 0 Å². The van der Waals surface area contributed by atoms with Gasteiger partial charge in [-0.3, -0.25) is 9.89 Å². The number of ether oxygens (including phenoxy) is 1. The Balaban J connectivity index is 1.88. The Kier molecular flexibility index (Phi) is 3.49. The van der Waals surface area contributed by atoms with Crippen LogP contribution in [0.1, 0.15) is 49.6 Å². The Hall–Kier alpha value is -2.56. The standard InChI is InChI=1S/C20H23N3O2/c1-11-16-14-9-20(2,3)10-15(24)17(14)18(21-19(16)23-22-11)12-5-7-13(25-4)8-6-12/h5-8,18H,9-10H2,1-4H3,(H2,21,22,23)/t18-/m0/s1. The van der Waals surface area contributed by atoms with E-state index in [0.29, 0.717) is 6.42 Å². The van der Waals surface area contributed by atoms with Gasteiger partial charge in [-0.1, -0.05) is 26.0 Å². The maximum atomic E-state index is 13.0. The number of fused-ring (bicyclic) bond motifs is 2. The quantitative estimate of drug-likeness (QED) is 0.868. The third-order valence-electron chi connectivity index (χ3n) is 5.19. The maximum Gasteiger partial charge on any atom is 0.162 e. The average molecular weight is 337 g/mol. The lowest BCUT2D eigenvalue weighted by Crippen LogP contribution is -2.33. The molecule has 0 unspecified atom stereocenters. The molecule has 0 saturated heterocycles. The lowest BCUT2D eigenvalue weighted by Gasteiger charge is -2.38. The van der Waals surface area contributed by atoms with Gasteiger partial charge in [-0.05, 0) is 42.0 Å². The molecule has 0 amide bonds. The first kappa shape index (κ1) is 15.9. The highest BCUT2D eigenvalue weighted by atomic mass is 16.5. The Morgan fingerprint density at radius 1 is 1.20 bits per heavy atom. The van der Waals surface area contributed by atoms with Crippen molar-refractivity contribution >= 4 is 17.2 Å². The zero-order valence-electron chi connectivity index (χ0n) is 15.1. The molecule has 1 aromatic carbocycles. The molecule has 1 aromatic heterocycles. The monoisotopic (exact) mass is 337 g/mol. The van der Waals surface area contributed by atoms with Crippen molar-refractivity contribution in [1.29, 1.82) is 0 Å². The molecule has 1 atom stereocenters. The van der Waals surface area contributed by atoms with Crippen molar-refractivity contribution in [3.63, 3.8) is 0 Å². The molecule has 1 aliphatic heterocycles. The van der Waals surface area contributed by atoms with Crippen LogP contribution in [0.3, 0.4) is 0 Å². The van der Waals surface area contributed by atoms with Gasteiger partial charge in [-0.2, -0.15) is 5.10 Å². The first-order chi connectivity index (χ1) is 11.9. The Morgan fingerprint density at radius 2 is 1.92 bits per heavy atom. The van der Waals surface area contributed by atoms with E-state index in [-0.39, 0.29) is 17.2 Å². The molecule has 25 heavy (non-hydrogen) atoms. The number of nitrogens with one attached hydrogen (secondary N) is 2. The second kappa shape index (κ2) is 5.48. The maximum absolute atomic E-state index is 13.0. The van der Waals surface area contributed by atoms with Gasteiger partial charge in [-0.25, -0.2) is 0 Å². The van der Waals surface area contributed by atoms with Crippen molar-refractivity contribution in [3.05, 3.63) is 46.7 Å². The number of nitrogens with zero attached hydrogens (tertiary/aromatic N) is 1. The molecule has 5 heteroatoms. The van der Waals surface area contributed by atoms with Crippen LogP contribution in [0.5, 0.6) is 5.75 Å². The second-order valence-corrected chi connectivity index (χ2v) is 7.76. The molecule has 0 bridgehead atoms. The molecule has 2 heterocycles. The fraction of sp³-hybridized carbons (Fsp3) is 0.400. The SMILES string of the molecule is COc1ccc([C@@H]2Nc3n[nH]c(C)c3C3=C2C(=O)CC(C)(C)C3)cc1. The minimum atomic E-state index is -0.167. The summed E-state index contributed by atoms with van der Waals surface area (Å²) in [6.07, 6.45) is 1.46. The van der Waals surface area contributed by atoms with Gasteiger partial charge in [0.15, 0.2) is 11.6 Å². The highest BCUT2D eigenvalue weighted by Gasteiger charge is 2.41. The van der Waals surface area contributed by atoms with Gasteiger partial charge in [0.1, 0.15) is 5.75 Å². The van der Waals surface area contributed by atoms with Crippen LogP contribution in [-0.2, 0) is 4.79 Å². The molecule has 2 aliphatic rings. The molecular weight excluding hydrogens is 314 g/mol. The van der Waals surface area contributed by atoms with Gasteiger partial charge in [0, 0.05) is 23.3 Å². The van der Waals surface area contributed by atoms with Gasteiger partial charge >= 0.3 is 0 Å². The summed E-state index contributed by atoms with van der Waals surface area (Å²) >= 11 is 0. The summed E-state index contributed by atoms with van der Waals surface area (Å²) in [6.45, 7) is 6.33. The van der Waals surface area contributed by atoms with Crippen LogP contribution in [0, 0.1) is 12.3 Å². The minimum absolute atomic E-state index is 0.0291. The number of allylic oxidation sites excluding steroid dienone is 1. The molecule has 0 spiro atoms. The van der Waals surface area contributed by atoms with Crippen molar-refractivity contribution in [2.75, 3.05) is 12.4 Å². The molecule has 130 valence electrons. The van der Waals surface area contributed by atoms with E-state index in [1.807, 2.05) is 31.2 Å². The number of carbonyl (C=O) groups excluding carboxylic acids is 1. The van der Waals surface area contributed by atoms with E-state index in [9.17, 15) is 4.79 Å². The number of Topliss-reactive ketones (excluding diaryl/α,β-unsaturated/α-hetero) is 1. The number of benzene rings is 1. The summed E-state index contributed by atoms with van der Waals surface area (Å²) in [6, 6.07) is 7.72. The van der Waals surface area contributed by atoms with Crippen molar-refractivity contribution in [2.45, 2.75) is 39.7 Å². The van der Waals surface area contributed by atoms with Crippen LogP contribution < -0.4 is 10.1 Å². The molecule has 5 nitrogen and oxygen atoms in total. The Morgan fingerprint density at radius 3 is 2.60 bits per heavy atom. The molecule has 4 rings (SSSR count). The summed E-state index contributed by atoms with van der Waals surface area (Å²) in [5.74, 6) is 1.87. The second-order valence-electron chi connectivity index (χ2n) is 7.76. The number of aromatic nitrogens is 2. The number of hydrogen-bond acceptors (Lipinski definition) is 4. The van der Waals surface area contributed by atoms with E-state index in [1.54, 1.807) is 7.11 Å². The molecular formula is C20H23N3O2. The number of hydrogen-bond donors (Lipinski definition) is 2. The van der Waals surface area contributed by atoms with Crippen molar-refractivity contribution < 1.29 is 9.53 Å². The summed E-state index contributed by atoms with van der Waals surface area (Å²) in [4.78, 5) is 13.0. The fourth-order valence-corrected chi connectivity index (χ4v) is 4.05. The van der Waals surface area contributed by atoms with Gasteiger partial charge in [0.25, 0.3) is 0 Å². The molecule has 0 radical (unpaired) electrons. The van der Waals surface area contributed by atoms with Gasteiger partial charge < -0.3 is 10.1 Å². The first-order valence-electron chi connectivity index (χ1n) is 8.62. The van der Waals surface area contributed by atoms with E-state index >= 15 is 0 Å². The van der Waals surface area contributed by atoms with E-state index in [4.69, 9.17) is 4.74 Å². The van der Waals surface area contributed by atoms with Gasteiger partial charge in [0.05, 0.1) is 13.2 Å². The van der Waals surface area contributed by atoms with Crippen molar-refractivity contribution in [1.82, 2.24) is 10.2 Å². The normalized spacial score (nSPS) is 21.4. The molecule has 0 fully saturated rings. The summed E-state index contributed by atoms with van der Waals surface area (Å²) < 4.78 is 5.25. The number of aryl methyl sites for hydroxylation is 1. The number of H-pyrrole nitrogens is 1. The number of methoxy groups -OCH3 is 1. The average Bonchev–Trinajstić information content (AvgIpc) is 2.94. The number of anilines is 1. The van der Waals surface area contributed by atoms with Crippen molar-refractivity contribution in [2.24, 2.45) is 5.41 Å². The zero-order chi connectivity index (χ0) is 17.8. The lowest BCUT2D eigenvalue weighted by atomic mass is 9.68. The number of rotatable bonds is 2. The fourth-order valence-electron chi connectivity index (χ4n) is 4.05. The molecule has 2 N–H and O–H groups in total. The number of ketones is 1. The van der Waals surface area contributed by atoms with E-state index in [2.05, 4.69) is 29.4 Å². The van der Waals surface area contributed by atoms with Crippen LogP contribution in [0.15, 0.2) is 29.8 Å². The predicted molar refractivity (Wildman–Crippen MR) is 97.6 cm³/mol. The highest BCUT2D eigenvalue weighted by Crippen LogP contribution is 2.50. The van der Waals surface area contributed by atoms with E-state index in [1.165, 1.54) is 0 Å². The van der Waals surface area contributed by atoms with Crippen LogP contribution in [-0.4, -0.2) is 23.1 Å². The Bertz CT molecular complexity index is 875. The van der Waals surface area contributed by atoms with Crippen LogP contribution in [0.2, 0.25) is 0 Å². The third-order valence-corrected chi connectivity index (χ3v) is 5.19. The first-order valence-corrected chi connectivity index (χ1v) is 8.62. The molecule has 2 aromatic rings. The molecule has 1 aliphatic carbocycles. The Labute approximate surface area is 147 Å². The highest BCUT2D eigenvalue weighted by molar-refractivity contribution is 6.08. The number of carbonyl (C=O) groups is 1. The smallest absolute Gasteiger partial charge is 0.162 e. The number of aromatic amines is 1. The van der Waals surface area contributed by atoms with Crippen molar-refractivity contribution in [3.8, 4) is 5.75 Å². The third kappa shape index (κ3) is 2.54. The largest absolute Gasteiger partial charge is 0.497 e. The summed E-state index contributed by atoms with van der Waals surface area (Å²) in [7, 11) is 1.65. The minimum Gasteiger partial charge on any atom is -0.497 e. The van der Waals surface area contributed by atoms with Crippen LogP contribution in [0.25, 0.3) is 5.57 Å². The zero-order valence-corrected chi connectivity index (χ0v) is 15.1. The topological polar surface area (TPSA) is 67.0 Å². The molecule has 0 saturated carbocycles. The summed E-state index contributed by atoms with van der Waals surface area (Å²) in [5.41, 5.74) is 5.13. The van der Waals surface area contributed by atoms with Crippen LogP contribution in [0.4, 0.5) is 5.82 Å². The van der Waals surface area contributed by atoms with E-state index < -0.39 is 0 Å². The van der Waals surface area contributed by atoms with Gasteiger partial charge in [0.2, 0.25) is 0 Å². The lowest BCUT2D eigenvalue weighted by molar-refractivity contribution is -0.118. The van der Waals surface area contributed by atoms with Crippen LogP contribution >= 0.6 is 0 Å². The predicted octanol–water partition coefficient (Wildman–Crippen LogP) is 4.04.